The zero-order valence-corrected chi connectivity index (χ0v) is 14.1. The van der Waals surface area contributed by atoms with Gasteiger partial charge in [0.1, 0.15) is 5.75 Å². The summed E-state index contributed by atoms with van der Waals surface area (Å²) in [6.45, 7) is 0.0529. The standard InChI is InChI=1S/C19H21NO2S/c1-23-16-11-9-15(10-12-16)22-13-19(21)20-18-8-4-6-14-5-2-3-7-17(14)18/h2-3,5,7,9-12,18H,4,6,8,13H2,1H3,(H,20,21)/t18-/m0/s1. The molecule has 0 radical (unpaired) electrons. The molecule has 3 nitrogen and oxygen atoms in total. The lowest BCUT2D eigenvalue weighted by Gasteiger charge is -2.26. The zero-order chi connectivity index (χ0) is 16.1. The van der Waals surface area contributed by atoms with E-state index in [1.54, 1.807) is 11.8 Å². The summed E-state index contributed by atoms with van der Waals surface area (Å²) < 4.78 is 5.58. The molecule has 2 aromatic carbocycles. The Balaban J connectivity index is 1.55. The molecule has 0 fully saturated rings. The molecule has 1 N–H and O–H groups in total. The van der Waals surface area contributed by atoms with Crippen molar-refractivity contribution < 1.29 is 9.53 Å². The summed E-state index contributed by atoms with van der Waals surface area (Å²) in [5, 5.41) is 3.10. The van der Waals surface area contributed by atoms with E-state index in [1.165, 1.54) is 16.0 Å². The molecule has 3 rings (SSSR count). The maximum absolute atomic E-state index is 12.2. The third-order valence-electron chi connectivity index (χ3n) is 4.13. The van der Waals surface area contributed by atoms with Crippen molar-refractivity contribution in [3.63, 3.8) is 0 Å². The predicted molar refractivity (Wildman–Crippen MR) is 94.0 cm³/mol. The third kappa shape index (κ3) is 4.08. The minimum Gasteiger partial charge on any atom is -0.484 e. The van der Waals surface area contributed by atoms with Crippen molar-refractivity contribution in [3.05, 3.63) is 59.7 Å². The van der Waals surface area contributed by atoms with Crippen molar-refractivity contribution in [1.29, 1.82) is 0 Å². The van der Waals surface area contributed by atoms with Gasteiger partial charge in [0.05, 0.1) is 6.04 Å². The van der Waals surface area contributed by atoms with Gasteiger partial charge in [-0.3, -0.25) is 4.79 Å². The van der Waals surface area contributed by atoms with Crippen molar-refractivity contribution in [2.24, 2.45) is 0 Å². The first-order valence-electron chi connectivity index (χ1n) is 7.90. The number of rotatable bonds is 5. The number of hydrogen-bond acceptors (Lipinski definition) is 3. The van der Waals surface area contributed by atoms with Crippen LogP contribution in [0.3, 0.4) is 0 Å². The van der Waals surface area contributed by atoms with Gasteiger partial charge in [0, 0.05) is 4.90 Å². The van der Waals surface area contributed by atoms with Crippen molar-refractivity contribution in [1.82, 2.24) is 5.32 Å². The van der Waals surface area contributed by atoms with Crippen molar-refractivity contribution in [3.8, 4) is 5.75 Å². The van der Waals surface area contributed by atoms with Gasteiger partial charge in [-0.15, -0.1) is 11.8 Å². The van der Waals surface area contributed by atoms with Gasteiger partial charge >= 0.3 is 0 Å². The van der Waals surface area contributed by atoms with Crippen LogP contribution in [0.2, 0.25) is 0 Å². The summed E-state index contributed by atoms with van der Waals surface area (Å²) in [6.07, 6.45) is 5.23. The van der Waals surface area contributed by atoms with E-state index < -0.39 is 0 Å². The van der Waals surface area contributed by atoms with Crippen LogP contribution in [0.15, 0.2) is 53.4 Å². The highest BCUT2D eigenvalue weighted by Crippen LogP contribution is 2.29. The number of carbonyl (C=O) groups excluding carboxylic acids is 1. The summed E-state index contributed by atoms with van der Waals surface area (Å²) >= 11 is 1.68. The number of ether oxygens (including phenoxy) is 1. The van der Waals surface area contributed by atoms with Crippen LogP contribution < -0.4 is 10.1 Å². The van der Waals surface area contributed by atoms with Crippen molar-refractivity contribution in [2.75, 3.05) is 12.9 Å². The molecule has 0 aliphatic heterocycles. The van der Waals surface area contributed by atoms with Gasteiger partial charge in [0.2, 0.25) is 0 Å². The maximum Gasteiger partial charge on any atom is 0.258 e. The van der Waals surface area contributed by atoms with Crippen LogP contribution >= 0.6 is 11.8 Å². The SMILES string of the molecule is CSc1ccc(OCC(=O)N[C@H]2CCCc3ccccc32)cc1. The molecule has 120 valence electrons. The number of benzene rings is 2. The second-order valence-electron chi connectivity index (χ2n) is 5.68. The van der Waals surface area contributed by atoms with Gasteiger partial charge in [-0.1, -0.05) is 24.3 Å². The van der Waals surface area contributed by atoms with Crippen LogP contribution in [-0.2, 0) is 11.2 Å². The van der Waals surface area contributed by atoms with Crippen molar-refractivity contribution in [2.45, 2.75) is 30.2 Å². The largest absolute Gasteiger partial charge is 0.484 e. The first kappa shape index (κ1) is 15.9. The van der Waals surface area contributed by atoms with Gasteiger partial charge < -0.3 is 10.1 Å². The number of carbonyl (C=O) groups is 1. The van der Waals surface area contributed by atoms with E-state index >= 15 is 0 Å². The summed E-state index contributed by atoms with van der Waals surface area (Å²) in [4.78, 5) is 13.4. The first-order chi connectivity index (χ1) is 11.3. The van der Waals surface area contributed by atoms with Crippen LogP contribution in [0, 0.1) is 0 Å². The van der Waals surface area contributed by atoms with E-state index in [9.17, 15) is 4.79 Å². The molecule has 1 aliphatic carbocycles. The number of hydrogen-bond donors (Lipinski definition) is 1. The fourth-order valence-electron chi connectivity index (χ4n) is 2.96. The number of thioether (sulfide) groups is 1. The Morgan fingerprint density at radius 3 is 2.78 bits per heavy atom. The van der Waals surface area contributed by atoms with Crippen LogP contribution in [0.25, 0.3) is 0 Å². The molecule has 0 unspecified atom stereocenters. The van der Waals surface area contributed by atoms with Crippen LogP contribution in [0.4, 0.5) is 0 Å². The van der Waals surface area contributed by atoms with E-state index in [1.807, 2.05) is 36.6 Å². The third-order valence-corrected chi connectivity index (χ3v) is 4.88. The van der Waals surface area contributed by atoms with E-state index in [2.05, 4.69) is 23.5 Å². The molecular weight excluding hydrogens is 306 g/mol. The minimum absolute atomic E-state index is 0.0529. The summed E-state index contributed by atoms with van der Waals surface area (Å²) in [6, 6.07) is 16.3. The minimum atomic E-state index is -0.0688. The molecule has 0 spiro atoms. The van der Waals surface area contributed by atoms with E-state index in [4.69, 9.17) is 4.74 Å². The molecule has 0 saturated carbocycles. The second-order valence-corrected chi connectivity index (χ2v) is 6.55. The lowest BCUT2D eigenvalue weighted by molar-refractivity contribution is -0.123. The Morgan fingerprint density at radius 2 is 2.00 bits per heavy atom. The summed E-state index contributed by atoms with van der Waals surface area (Å²) in [5.41, 5.74) is 2.59. The molecule has 2 aromatic rings. The molecule has 0 aromatic heterocycles. The molecule has 0 bridgehead atoms. The topological polar surface area (TPSA) is 38.3 Å². The van der Waals surface area contributed by atoms with Crippen LogP contribution in [0.5, 0.6) is 5.75 Å². The second kappa shape index (κ2) is 7.55. The predicted octanol–water partition coefficient (Wildman–Crippen LogP) is 3.98. The van der Waals surface area contributed by atoms with E-state index in [0.717, 1.165) is 25.0 Å². The molecule has 1 amide bonds. The lowest BCUT2D eigenvalue weighted by Crippen LogP contribution is -2.34. The Labute approximate surface area is 141 Å². The Morgan fingerprint density at radius 1 is 1.22 bits per heavy atom. The molecular formula is C19H21NO2S. The van der Waals surface area contributed by atoms with Crippen LogP contribution in [0.1, 0.15) is 30.0 Å². The molecule has 23 heavy (non-hydrogen) atoms. The Kier molecular flexibility index (Phi) is 5.23. The molecule has 1 aliphatic rings. The van der Waals surface area contributed by atoms with Gasteiger partial charge in [-0.2, -0.15) is 0 Å². The molecule has 0 heterocycles. The molecule has 1 atom stereocenters. The van der Waals surface area contributed by atoms with Gasteiger partial charge in [-0.25, -0.2) is 0 Å². The quantitative estimate of drug-likeness (QED) is 0.844. The molecule has 0 saturated heterocycles. The number of amides is 1. The number of fused-ring (bicyclic) bond motifs is 1. The normalized spacial score (nSPS) is 16.5. The highest BCUT2D eigenvalue weighted by atomic mass is 32.2. The first-order valence-corrected chi connectivity index (χ1v) is 9.13. The highest BCUT2D eigenvalue weighted by molar-refractivity contribution is 7.98. The highest BCUT2D eigenvalue weighted by Gasteiger charge is 2.21. The Bertz CT molecular complexity index is 669. The van der Waals surface area contributed by atoms with Gasteiger partial charge in [0.25, 0.3) is 5.91 Å². The monoisotopic (exact) mass is 327 g/mol. The van der Waals surface area contributed by atoms with Crippen molar-refractivity contribution >= 4 is 17.7 Å². The maximum atomic E-state index is 12.2. The summed E-state index contributed by atoms with van der Waals surface area (Å²) in [7, 11) is 0. The average Bonchev–Trinajstić information content (AvgIpc) is 2.61. The number of nitrogens with one attached hydrogen (secondary N) is 1. The number of aryl methyl sites for hydroxylation is 1. The Hall–Kier alpha value is -1.94. The lowest BCUT2D eigenvalue weighted by atomic mass is 9.88. The van der Waals surface area contributed by atoms with Gasteiger partial charge in [-0.05, 0) is 60.9 Å². The zero-order valence-electron chi connectivity index (χ0n) is 13.2. The summed E-state index contributed by atoms with van der Waals surface area (Å²) in [5.74, 6) is 0.655. The molecule has 4 heteroatoms. The van der Waals surface area contributed by atoms with Crippen LogP contribution in [-0.4, -0.2) is 18.8 Å². The average molecular weight is 327 g/mol. The van der Waals surface area contributed by atoms with E-state index in [-0.39, 0.29) is 18.6 Å². The fourth-order valence-corrected chi connectivity index (χ4v) is 3.37. The fraction of sp³-hybridized carbons (Fsp3) is 0.316. The van der Waals surface area contributed by atoms with Gasteiger partial charge in [0.15, 0.2) is 6.61 Å². The van der Waals surface area contributed by atoms with E-state index in [0.29, 0.717) is 0 Å². The smallest absolute Gasteiger partial charge is 0.258 e.